The lowest BCUT2D eigenvalue weighted by Crippen LogP contribution is -2.11. The molecule has 0 aliphatic rings. The quantitative estimate of drug-likeness (QED) is 0.291. The molecule has 0 bridgehead atoms. The fraction of sp³-hybridized carbons (Fsp3) is 1.00. The van der Waals surface area contributed by atoms with Crippen LogP contribution >= 0.6 is 58.3 Å². The monoisotopic (exact) mass is 282 g/mol. The molecule has 0 aliphatic carbocycles. The third-order valence-electron chi connectivity index (χ3n) is 0.822. The summed E-state index contributed by atoms with van der Waals surface area (Å²) >= 11 is 15.3. The highest BCUT2D eigenvalue weighted by Gasteiger charge is 2.26. The van der Waals surface area contributed by atoms with Gasteiger partial charge in [0.2, 0.25) is 0 Å². The number of thiol groups is 4. The first-order valence-corrected chi connectivity index (χ1v) is 6.98. The van der Waals surface area contributed by atoms with Crippen LogP contribution in [0.15, 0.2) is 0 Å². The maximum atomic E-state index is 11.1. The van der Waals surface area contributed by atoms with Gasteiger partial charge in [0.05, 0.1) is 0 Å². The van der Waals surface area contributed by atoms with Gasteiger partial charge in [0.15, 0.2) is 0 Å². The molecule has 2 atom stereocenters. The Morgan fingerprint density at radius 3 is 1.69 bits per heavy atom. The Hall–Kier alpha value is 1.51. The van der Waals surface area contributed by atoms with Gasteiger partial charge in [-0.15, -0.1) is 25.3 Å². The summed E-state index contributed by atoms with van der Waals surface area (Å²) in [6.45, 7) is 0. The van der Waals surface area contributed by atoms with Crippen LogP contribution in [0.1, 0.15) is 0 Å². The van der Waals surface area contributed by atoms with Gasteiger partial charge in [-0.25, -0.2) is 4.57 Å². The van der Waals surface area contributed by atoms with Crippen LogP contribution in [0.5, 0.6) is 0 Å². The van der Waals surface area contributed by atoms with Crippen LogP contribution < -0.4 is 0 Å². The lowest BCUT2D eigenvalue weighted by atomic mass is 10.9. The molecular weight excluding hydrogens is 271 g/mol. The molecule has 4 nitrogen and oxygen atoms in total. The molecule has 2 unspecified atom stereocenters. The van der Waals surface area contributed by atoms with Gasteiger partial charge in [-0.05, 0) is 0 Å². The number of rotatable bonds is 6. The van der Waals surface area contributed by atoms with Crippen molar-refractivity contribution in [1.29, 1.82) is 0 Å². The highest BCUT2D eigenvalue weighted by atomic mass is 32.1. The van der Waals surface area contributed by atoms with Crippen molar-refractivity contribution in [3.05, 3.63) is 0 Å². The van der Waals surface area contributed by atoms with Crippen molar-refractivity contribution in [2.45, 2.75) is 10.9 Å². The van der Waals surface area contributed by atoms with Crippen LogP contribution in [0, 0.1) is 0 Å². The van der Waals surface area contributed by atoms with E-state index in [0.717, 1.165) is 0 Å². The van der Waals surface area contributed by atoms with Crippen molar-refractivity contribution in [2.75, 3.05) is 11.5 Å². The number of hydrogen-bond acceptors (Lipinski definition) is 7. The zero-order valence-electron chi connectivity index (χ0n) is 6.48. The van der Waals surface area contributed by atoms with E-state index in [1.54, 1.807) is 0 Å². The summed E-state index contributed by atoms with van der Waals surface area (Å²) in [6, 6.07) is 0. The van der Waals surface area contributed by atoms with E-state index < -0.39 is 18.7 Å². The molecule has 0 spiro atoms. The molecule has 0 saturated heterocycles. The van der Waals surface area contributed by atoms with Gasteiger partial charge in [0.1, 0.15) is 10.9 Å². The van der Waals surface area contributed by atoms with Crippen LogP contribution in [-0.4, -0.2) is 27.3 Å². The minimum atomic E-state index is -4.09. The van der Waals surface area contributed by atoms with E-state index in [2.05, 4.69) is 59.6 Å². The normalized spacial score (nSPS) is 20.7. The van der Waals surface area contributed by atoms with E-state index in [-0.39, 0.29) is 11.5 Å². The highest BCUT2D eigenvalue weighted by molar-refractivity contribution is 7.85. The Kier molecular flexibility index (Phi) is 7.70. The fourth-order valence-electron chi connectivity index (χ4n) is 0.399. The van der Waals surface area contributed by atoms with Crippen molar-refractivity contribution in [3.63, 3.8) is 0 Å². The lowest BCUT2D eigenvalue weighted by molar-refractivity contribution is 0.144. The Bertz CT molecular complexity index is 175. The molecule has 13 heavy (non-hydrogen) atoms. The van der Waals surface area contributed by atoms with Crippen molar-refractivity contribution >= 4 is 58.3 Å². The molecule has 0 radical (unpaired) electrons. The Morgan fingerprint density at radius 2 is 1.46 bits per heavy atom. The molecule has 0 aliphatic heterocycles. The first-order chi connectivity index (χ1) is 5.91. The van der Waals surface area contributed by atoms with Gasteiger partial charge in [0, 0.05) is 11.5 Å². The zero-order valence-corrected chi connectivity index (χ0v) is 10.9. The Morgan fingerprint density at radius 1 is 1.15 bits per heavy atom. The third-order valence-corrected chi connectivity index (χ3v) is 4.01. The molecule has 0 amide bonds. The molecule has 0 aromatic heterocycles. The van der Waals surface area contributed by atoms with Crippen molar-refractivity contribution in [2.24, 2.45) is 0 Å². The number of phosphoric ester groups is 1. The summed E-state index contributed by atoms with van der Waals surface area (Å²) in [4.78, 5) is 9.06. The topological polar surface area (TPSA) is 55.8 Å². The van der Waals surface area contributed by atoms with Crippen molar-refractivity contribution in [1.82, 2.24) is 0 Å². The van der Waals surface area contributed by atoms with Gasteiger partial charge < -0.3 is 4.89 Å². The summed E-state index contributed by atoms with van der Waals surface area (Å²) < 4.78 is 20.2. The third kappa shape index (κ3) is 7.44. The first kappa shape index (κ1) is 14.5. The SMILES string of the molecule is O=P(O)(OC(S)CS)OC(S)CS. The van der Waals surface area contributed by atoms with Gasteiger partial charge in [0.25, 0.3) is 0 Å². The summed E-state index contributed by atoms with van der Waals surface area (Å²) in [6.07, 6.45) is 0. The second-order valence-corrected chi connectivity index (χ2v) is 5.19. The Balaban J connectivity index is 4.00. The summed E-state index contributed by atoms with van der Waals surface area (Å²) in [5, 5.41) is 0. The van der Waals surface area contributed by atoms with Crippen LogP contribution in [0.2, 0.25) is 0 Å². The summed E-state index contributed by atoms with van der Waals surface area (Å²) in [5.41, 5.74) is -1.50. The second-order valence-electron chi connectivity index (χ2n) is 1.95. The molecule has 0 rings (SSSR count). The molecule has 80 valence electrons. The number of hydrogen-bond donors (Lipinski definition) is 5. The smallest absolute Gasteiger partial charge is 0.302 e. The molecule has 0 saturated carbocycles. The van der Waals surface area contributed by atoms with Gasteiger partial charge in [-0.2, -0.15) is 25.3 Å². The summed E-state index contributed by atoms with van der Waals surface area (Å²) in [5.74, 6) is 0.407. The van der Waals surface area contributed by atoms with Gasteiger partial charge in [-0.1, -0.05) is 0 Å². The molecule has 9 heteroatoms. The largest absolute Gasteiger partial charge is 0.474 e. The van der Waals surface area contributed by atoms with Crippen LogP contribution in [0.25, 0.3) is 0 Å². The molecule has 0 heterocycles. The average Bonchev–Trinajstić information content (AvgIpc) is 2.02. The van der Waals surface area contributed by atoms with E-state index in [1.165, 1.54) is 0 Å². The molecular formula is C4H11O4PS4. The van der Waals surface area contributed by atoms with Crippen LogP contribution in [0.3, 0.4) is 0 Å². The first-order valence-electron chi connectivity index (χ1n) is 3.18. The van der Waals surface area contributed by atoms with Crippen molar-refractivity contribution in [3.8, 4) is 0 Å². The maximum Gasteiger partial charge on any atom is 0.474 e. The van der Waals surface area contributed by atoms with E-state index in [1.807, 2.05) is 0 Å². The van der Waals surface area contributed by atoms with E-state index in [9.17, 15) is 4.57 Å². The van der Waals surface area contributed by atoms with Crippen molar-refractivity contribution < 1.29 is 18.5 Å². The predicted octanol–water partition coefficient (Wildman–Crippen LogP) is 1.49. The van der Waals surface area contributed by atoms with E-state index in [0.29, 0.717) is 0 Å². The standard InChI is InChI=1S/C4H11O4PS4/c5-9(6,7-3(12)1-10)8-4(13)2-11/h3-4,10-13H,1-2H2,(H,5,6). The second kappa shape index (κ2) is 6.90. The Labute approximate surface area is 99.0 Å². The van der Waals surface area contributed by atoms with E-state index in [4.69, 9.17) is 4.89 Å². The van der Waals surface area contributed by atoms with E-state index >= 15 is 0 Å². The average molecular weight is 282 g/mol. The van der Waals surface area contributed by atoms with Gasteiger partial charge in [-0.3, -0.25) is 9.05 Å². The lowest BCUT2D eigenvalue weighted by Gasteiger charge is -2.17. The minimum absolute atomic E-state index is 0.204. The molecule has 1 N–H and O–H groups in total. The number of phosphoric acid groups is 1. The molecule has 0 aromatic rings. The molecule has 0 aromatic carbocycles. The zero-order chi connectivity index (χ0) is 10.5. The van der Waals surface area contributed by atoms with Gasteiger partial charge >= 0.3 is 7.82 Å². The van der Waals surface area contributed by atoms with Crippen LogP contribution in [-0.2, 0) is 13.6 Å². The highest BCUT2D eigenvalue weighted by Crippen LogP contribution is 2.47. The van der Waals surface area contributed by atoms with Crippen LogP contribution in [0.4, 0.5) is 0 Å². The maximum absolute atomic E-state index is 11.1. The summed E-state index contributed by atoms with van der Waals surface area (Å²) in [7, 11) is -4.09. The minimum Gasteiger partial charge on any atom is -0.302 e. The fourth-order valence-corrected chi connectivity index (χ4v) is 2.31. The molecule has 0 fully saturated rings. The predicted molar refractivity (Wildman–Crippen MR) is 65.2 cm³/mol.